The van der Waals surface area contributed by atoms with Crippen LogP contribution in [0.5, 0.6) is 0 Å². The molecular weight excluding hydrogens is 222 g/mol. The first-order chi connectivity index (χ1) is 8.72. The summed E-state index contributed by atoms with van der Waals surface area (Å²) in [7, 11) is 4.40. The van der Waals surface area contributed by atoms with E-state index in [2.05, 4.69) is 47.0 Å². The van der Waals surface area contributed by atoms with Crippen LogP contribution >= 0.6 is 0 Å². The molecule has 0 saturated carbocycles. The van der Waals surface area contributed by atoms with Gasteiger partial charge in [-0.1, -0.05) is 12.1 Å². The lowest BCUT2D eigenvalue weighted by Gasteiger charge is -2.32. The highest BCUT2D eigenvalue weighted by Crippen LogP contribution is 2.27. The Morgan fingerprint density at radius 3 is 2.56 bits per heavy atom. The molecule has 0 radical (unpaired) electrons. The van der Waals surface area contributed by atoms with Crippen LogP contribution in [-0.4, -0.2) is 56.6 Å². The molecule has 18 heavy (non-hydrogen) atoms. The third-order valence-electron chi connectivity index (χ3n) is 4.27. The van der Waals surface area contributed by atoms with Gasteiger partial charge in [0, 0.05) is 52.0 Å². The molecule has 1 aromatic carbocycles. The Hall–Kier alpha value is -1.06. The van der Waals surface area contributed by atoms with E-state index in [0.29, 0.717) is 0 Å². The van der Waals surface area contributed by atoms with E-state index in [1.165, 1.54) is 56.0 Å². The van der Waals surface area contributed by atoms with Gasteiger partial charge in [-0.15, -0.1) is 0 Å². The van der Waals surface area contributed by atoms with Crippen molar-refractivity contribution >= 4 is 5.69 Å². The van der Waals surface area contributed by atoms with E-state index >= 15 is 0 Å². The number of hydrogen-bond acceptors (Lipinski definition) is 3. The van der Waals surface area contributed by atoms with Crippen LogP contribution in [0.2, 0.25) is 0 Å². The van der Waals surface area contributed by atoms with Crippen molar-refractivity contribution in [2.24, 2.45) is 0 Å². The fourth-order valence-corrected chi connectivity index (χ4v) is 2.98. The lowest BCUT2D eigenvalue weighted by molar-refractivity contribution is 0.148. The molecule has 0 unspecified atom stereocenters. The summed E-state index contributed by atoms with van der Waals surface area (Å²) < 4.78 is 0. The first kappa shape index (κ1) is 12.0. The van der Waals surface area contributed by atoms with Crippen molar-refractivity contribution < 1.29 is 0 Å². The summed E-state index contributed by atoms with van der Waals surface area (Å²) in [5.41, 5.74) is 4.44. The summed E-state index contributed by atoms with van der Waals surface area (Å²) in [4.78, 5) is 7.34. The highest BCUT2D eigenvalue weighted by molar-refractivity contribution is 5.58. The number of anilines is 1. The average Bonchev–Trinajstić information content (AvgIpc) is 2.74. The second-order valence-electron chi connectivity index (χ2n) is 5.71. The quantitative estimate of drug-likeness (QED) is 0.780. The number of fused-ring (bicyclic) bond motifs is 1. The Morgan fingerprint density at radius 2 is 1.78 bits per heavy atom. The monoisotopic (exact) mass is 245 g/mol. The van der Waals surface area contributed by atoms with Gasteiger partial charge < -0.3 is 9.80 Å². The molecular formula is C15H23N3. The van der Waals surface area contributed by atoms with Gasteiger partial charge in [0.25, 0.3) is 0 Å². The maximum Gasteiger partial charge on any atom is 0.0397 e. The van der Waals surface area contributed by atoms with E-state index in [-0.39, 0.29) is 0 Å². The first-order valence-corrected chi connectivity index (χ1v) is 6.96. The minimum Gasteiger partial charge on any atom is -0.374 e. The van der Waals surface area contributed by atoms with Crippen LogP contribution in [0, 0.1) is 0 Å². The van der Waals surface area contributed by atoms with Crippen LogP contribution in [0.3, 0.4) is 0 Å². The minimum atomic E-state index is 1.12. The summed E-state index contributed by atoms with van der Waals surface area (Å²) in [5, 5.41) is 0. The number of piperazine rings is 1. The van der Waals surface area contributed by atoms with E-state index in [4.69, 9.17) is 0 Å². The summed E-state index contributed by atoms with van der Waals surface area (Å²) in [6.07, 6.45) is 1.21. The number of likely N-dealkylation sites (N-methyl/N-ethyl adjacent to an activating group) is 2. The molecule has 0 aromatic heterocycles. The molecule has 2 heterocycles. The van der Waals surface area contributed by atoms with Crippen molar-refractivity contribution in [3.05, 3.63) is 29.3 Å². The van der Waals surface area contributed by atoms with Gasteiger partial charge in [0.1, 0.15) is 0 Å². The minimum absolute atomic E-state index is 1.12. The van der Waals surface area contributed by atoms with Crippen LogP contribution in [0.25, 0.3) is 0 Å². The number of hydrogen-bond donors (Lipinski definition) is 0. The van der Waals surface area contributed by atoms with E-state index in [0.717, 1.165) is 6.54 Å². The third kappa shape index (κ3) is 2.38. The van der Waals surface area contributed by atoms with Gasteiger partial charge in [-0.3, -0.25) is 4.90 Å². The highest BCUT2D eigenvalue weighted by atomic mass is 15.2. The zero-order valence-electron chi connectivity index (χ0n) is 11.5. The van der Waals surface area contributed by atoms with Gasteiger partial charge in [-0.05, 0) is 30.7 Å². The molecule has 1 fully saturated rings. The topological polar surface area (TPSA) is 9.72 Å². The van der Waals surface area contributed by atoms with Gasteiger partial charge in [-0.2, -0.15) is 0 Å². The van der Waals surface area contributed by atoms with Gasteiger partial charge in [0.05, 0.1) is 0 Å². The second kappa shape index (κ2) is 4.90. The predicted octanol–water partition coefficient (Wildman–Crippen LogP) is 1.43. The highest BCUT2D eigenvalue weighted by Gasteiger charge is 2.17. The van der Waals surface area contributed by atoms with E-state index < -0.39 is 0 Å². The molecule has 3 rings (SSSR count). The van der Waals surface area contributed by atoms with Crippen LogP contribution in [0.4, 0.5) is 5.69 Å². The summed E-state index contributed by atoms with van der Waals surface area (Å²) in [5.74, 6) is 0. The Balaban J connectivity index is 1.67. The molecule has 1 aromatic rings. The maximum atomic E-state index is 2.57. The van der Waals surface area contributed by atoms with E-state index in [1.807, 2.05) is 0 Å². The molecule has 3 heteroatoms. The summed E-state index contributed by atoms with van der Waals surface area (Å²) >= 11 is 0. The Bertz CT molecular complexity index is 422. The van der Waals surface area contributed by atoms with Crippen molar-refractivity contribution in [2.45, 2.75) is 13.0 Å². The molecule has 2 aliphatic heterocycles. The van der Waals surface area contributed by atoms with Crippen molar-refractivity contribution in [1.82, 2.24) is 9.80 Å². The maximum absolute atomic E-state index is 2.57. The Kier molecular flexibility index (Phi) is 3.27. The summed E-state index contributed by atoms with van der Waals surface area (Å²) in [6, 6.07) is 7.02. The largest absolute Gasteiger partial charge is 0.374 e. The molecule has 0 atom stereocenters. The van der Waals surface area contributed by atoms with Crippen LogP contribution in [-0.2, 0) is 13.0 Å². The fraction of sp³-hybridized carbons (Fsp3) is 0.600. The lowest BCUT2D eigenvalue weighted by Crippen LogP contribution is -2.43. The standard InChI is InChI=1S/C15H23N3/c1-16-7-9-18(10-8-16)12-13-3-4-15-14(11-13)5-6-17(15)2/h3-4,11H,5-10,12H2,1-2H3. The number of rotatable bonds is 2. The molecule has 98 valence electrons. The van der Waals surface area contributed by atoms with Gasteiger partial charge in [0.2, 0.25) is 0 Å². The zero-order valence-corrected chi connectivity index (χ0v) is 11.5. The van der Waals surface area contributed by atoms with Gasteiger partial charge >= 0.3 is 0 Å². The summed E-state index contributed by atoms with van der Waals surface area (Å²) in [6.45, 7) is 7.10. The van der Waals surface area contributed by atoms with Gasteiger partial charge in [0.15, 0.2) is 0 Å². The van der Waals surface area contributed by atoms with Gasteiger partial charge in [-0.25, -0.2) is 0 Å². The molecule has 3 nitrogen and oxygen atoms in total. The van der Waals surface area contributed by atoms with Crippen molar-refractivity contribution in [3.63, 3.8) is 0 Å². The van der Waals surface area contributed by atoms with Crippen LogP contribution in [0.15, 0.2) is 18.2 Å². The molecule has 0 aliphatic carbocycles. The number of benzene rings is 1. The predicted molar refractivity (Wildman–Crippen MR) is 76.2 cm³/mol. The van der Waals surface area contributed by atoms with Crippen LogP contribution in [0.1, 0.15) is 11.1 Å². The Morgan fingerprint density at radius 1 is 1.00 bits per heavy atom. The average molecular weight is 245 g/mol. The first-order valence-electron chi connectivity index (χ1n) is 6.96. The fourth-order valence-electron chi connectivity index (χ4n) is 2.98. The molecule has 0 bridgehead atoms. The molecule has 0 amide bonds. The molecule has 0 spiro atoms. The number of nitrogens with zero attached hydrogens (tertiary/aromatic N) is 3. The van der Waals surface area contributed by atoms with Crippen molar-refractivity contribution in [3.8, 4) is 0 Å². The Labute approximate surface area is 110 Å². The lowest BCUT2D eigenvalue weighted by atomic mass is 10.1. The molecule has 0 N–H and O–H groups in total. The smallest absolute Gasteiger partial charge is 0.0397 e. The van der Waals surface area contributed by atoms with E-state index in [9.17, 15) is 0 Å². The second-order valence-corrected chi connectivity index (χ2v) is 5.71. The molecule has 1 saturated heterocycles. The van der Waals surface area contributed by atoms with Crippen molar-refractivity contribution in [1.29, 1.82) is 0 Å². The normalized spacial score (nSPS) is 21.3. The van der Waals surface area contributed by atoms with Crippen molar-refractivity contribution in [2.75, 3.05) is 51.7 Å². The zero-order chi connectivity index (χ0) is 12.5. The third-order valence-corrected chi connectivity index (χ3v) is 4.27. The van der Waals surface area contributed by atoms with Crippen LogP contribution < -0.4 is 4.90 Å². The molecule has 2 aliphatic rings. The van der Waals surface area contributed by atoms with E-state index in [1.54, 1.807) is 0 Å². The SMILES string of the molecule is CN1CCN(Cc2ccc3c(c2)CCN3C)CC1.